The van der Waals surface area contributed by atoms with Gasteiger partial charge in [0.2, 0.25) is 0 Å². The number of aromatic carboxylic acids is 1. The highest BCUT2D eigenvalue weighted by Crippen LogP contribution is 2.22. The molecular weight excluding hydrogens is 188 g/mol. The summed E-state index contributed by atoms with van der Waals surface area (Å²) in [5.41, 5.74) is 4.84. The van der Waals surface area contributed by atoms with Crippen molar-refractivity contribution >= 4 is 5.97 Å². The molecular formula is C13H18O2. The molecule has 0 saturated carbocycles. The third-order valence-corrected chi connectivity index (χ3v) is 3.08. The summed E-state index contributed by atoms with van der Waals surface area (Å²) in [5.74, 6) is -0.826. The minimum atomic E-state index is -0.826. The van der Waals surface area contributed by atoms with Crippen LogP contribution in [-0.2, 0) is 6.42 Å². The van der Waals surface area contributed by atoms with E-state index in [4.69, 9.17) is 5.11 Å². The highest BCUT2D eigenvalue weighted by Gasteiger charge is 2.13. The third-order valence-electron chi connectivity index (χ3n) is 3.08. The molecule has 0 bridgehead atoms. The molecule has 2 nitrogen and oxygen atoms in total. The molecule has 0 aliphatic heterocycles. The Balaban J connectivity index is 3.38. The third kappa shape index (κ3) is 2.20. The molecule has 1 aromatic rings. The van der Waals surface area contributed by atoms with E-state index in [2.05, 4.69) is 13.8 Å². The molecule has 1 aromatic carbocycles. The predicted octanol–water partition coefficient (Wildman–Crippen LogP) is 3.26. The molecule has 0 aliphatic rings. The van der Waals surface area contributed by atoms with Gasteiger partial charge in [0.15, 0.2) is 0 Å². The Kier molecular flexibility index (Phi) is 3.51. The van der Waals surface area contributed by atoms with Gasteiger partial charge in [-0.1, -0.05) is 13.3 Å². The van der Waals surface area contributed by atoms with Crippen molar-refractivity contribution in [3.8, 4) is 0 Å². The highest BCUT2D eigenvalue weighted by atomic mass is 16.4. The molecule has 0 saturated heterocycles. The summed E-state index contributed by atoms with van der Waals surface area (Å²) in [6, 6.07) is 1.82. The van der Waals surface area contributed by atoms with Gasteiger partial charge >= 0.3 is 5.97 Å². The van der Waals surface area contributed by atoms with E-state index >= 15 is 0 Å². The first-order chi connectivity index (χ1) is 6.99. The fraction of sp³-hybridized carbons (Fsp3) is 0.462. The van der Waals surface area contributed by atoms with E-state index in [-0.39, 0.29) is 0 Å². The first-order valence-electron chi connectivity index (χ1n) is 5.32. The fourth-order valence-corrected chi connectivity index (χ4v) is 1.87. The number of carboxylic acids is 1. The second kappa shape index (κ2) is 4.47. The van der Waals surface area contributed by atoms with Gasteiger partial charge in [0.25, 0.3) is 0 Å². The molecule has 0 aromatic heterocycles. The van der Waals surface area contributed by atoms with Gasteiger partial charge in [-0.15, -0.1) is 0 Å². The minimum Gasteiger partial charge on any atom is -0.478 e. The van der Waals surface area contributed by atoms with Crippen LogP contribution in [0.1, 0.15) is 46.0 Å². The van der Waals surface area contributed by atoms with Crippen LogP contribution in [0, 0.1) is 20.8 Å². The Morgan fingerprint density at radius 3 is 2.27 bits per heavy atom. The number of hydrogen-bond acceptors (Lipinski definition) is 1. The number of benzene rings is 1. The van der Waals surface area contributed by atoms with Gasteiger partial charge in [0, 0.05) is 0 Å². The first kappa shape index (κ1) is 11.8. The standard InChI is InChI=1S/C13H18O2/c1-5-6-11-7-12(13(14)15)10(4)8(2)9(11)3/h7H,5-6H2,1-4H3,(H,14,15). The number of hydrogen-bond donors (Lipinski definition) is 1. The van der Waals surface area contributed by atoms with E-state index in [1.165, 1.54) is 5.56 Å². The van der Waals surface area contributed by atoms with Gasteiger partial charge in [-0.2, -0.15) is 0 Å². The van der Waals surface area contributed by atoms with Gasteiger partial charge in [0.05, 0.1) is 5.56 Å². The van der Waals surface area contributed by atoms with Crippen molar-refractivity contribution in [2.75, 3.05) is 0 Å². The maximum absolute atomic E-state index is 11.0. The number of aryl methyl sites for hydroxylation is 1. The van der Waals surface area contributed by atoms with Crippen LogP contribution in [0.15, 0.2) is 6.07 Å². The molecule has 1 N–H and O–H groups in total. The molecule has 82 valence electrons. The second-order valence-electron chi connectivity index (χ2n) is 4.01. The van der Waals surface area contributed by atoms with Crippen LogP contribution >= 0.6 is 0 Å². The summed E-state index contributed by atoms with van der Waals surface area (Å²) in [6.45, 7) is 8.05. The van der Waals surface area contributed by atoms with E-state index in [1.807, 2.05) is 19.9 Å². The summed E-state index contributed by atoms with van der Waals surface area (Å²) in [5, 5.41) is 9.07. The maximum atomic E-state index is 11.0. The Morgan fingerprint density at radius 1 is 1.20 bits per heavy atom. The molecule has 0 fully saturated rings. The van der Waals surface area contributed by atoms with Gasteiger partial charge in [0.1, 0.15) is 0 Å². The zero-order valence-corrected chi connectivity index (χ0v) is 9.85. The van der Waals surface area contributed by atoms with Crippen molar-refractivity contribution in [1.82, 2.24) is 0 Å². The second-order valence-corrected chi connectivity index (χ2v) is 4.01. The van der Waals surface area contributed by atoms with Crippen LogP contribution in [0.5, 0.6) is 0 Å². The van der Waals surface area contributed by atoms with Crippen LogP contribution in [0.4, 0.5) is 0 Å². The topological polar surface area (TPSA) is 37.3 Å². The van der Waals surface area contributed by atoms with Gasteiger partial charge in [-0.3, -0.25) is 0 Å². The minimum absolute atomic E-state index is 0.446. The Morgan fingerprint density at radius 2 is 1.80 bits per heavy atom. The van der Waals surface area contributed by atoms with E-state index in [9.17, 15) is 4.79 Å². The van der Waals surface area contributed by atoms with Crippen LogP contribution in [-0.4, -0.2) is 11.1 Å². The number of carbonyl (C=O) groups is 1. The van der Waals surface area contributed by atoms with E-state index < -0.39 is 5.97 Å². The van der Waals surface area contributed by atoms with Crippen molar-refractivity contribution in [2.24, 2.45) is 0 Å². The summed E-state index contributed by atoms with van der Waals surface area (Å²) in [7, 11) is 0. The zero-order chi connectivity index (χ0) is 11.6. The molecule has 2 heteroatoms. The first-order valence-corrected chi connectivity index (χ1v) is 5.32. The fourth-order valence-electron chi connectivity index (χ4n) is 1.87. The van der Waals surface area contributed by atoms with Crippen LogP contribution < -0.4 is 0 Å². The van der Waals surface area contributed by atoms with Gasteiger partial charge in [-0.05, 0) is 55.5 Å². The summed E-state index contributed by atoms with van der Waals surface area (Å²) in [4.78, 5) is 11.0. The van der Waals surface area contributed by atoms with E-state index in [1.54, 1.807) is 0 Å². The van der Waals surface area contributed by atoms with Gasteiger partial charge in [-0.25, -0.2) is 4.79 Å². The van der Waals surface area contributed by atoms with Crippen molar-refractivity contribution in [3.05, 3.63) is 33.9 Å². The molecule has 0 amide bonds. The molecule has 1 rings (SSSR count). The van der Waals surface area contributed by atoms with Crippen molar-refractivity contribution in [3.63, 3.8) is 0 Å². The predicted molar refractivity (Wildman–Crippen MR) is 61.6 cm³/mol. The average Bonchev–Trinajstić information content (AvgIpc) is 2.18. The van der Waals surface area contributed by atoms with Crippen molar-refractivity contribution in [1.29, 1.82) is 0 Å². The lowest BCUT2D eigenvalue weighted by Crippen LogP contribution is -2.05. The molecule has 0 heterocycles. The Hall–Kier alpha value is -1.31. The highest BCUT2D eigenvalue weighted by molar-refractivity contribution is 5.90. The van der Waals surface area contributed by atoms with Crippen LogP contribution in [0.2, 0.25) is 0 Å². The monoisotopic (exact) mass is 206 g/mol. The SMILES string of the molecule is CCCc1cc(C(=O)O)c(C)c(C)c1C. The molecule has 0 atom stereocenters. The van der Waals surface area contributed by atoms with Crippen molar-refractivity contribution in [2.45, 2.75) is 40.5 Å². The maximum Gasteiger partial charge on any atom is 0.335 e. The molecule has 0 unspecified atom stereocenters. The lowest BCUT2D eigenvalue weighted by Gasteiger charge is -2.13. The number of carboxylic acid groups (broad SMARTS) is 1. The zero-order valence-electron chi connectivity index (χ0n) is 9.85. The summed E-state index contributed by atoms with van der Waals surface area (Å²) >= 11 is 0. The quantitative estimate of drug-likeness (QED) is 0.824. The van der Waals surface area contributed by atoms with Crippen molar-refractivity contribution < 1.29 is 9.90 Å². The molecule has 0 spiro atoms. The smallest absolute Gasteiger partial charge is 0.335 e. The summed E-state index contributed by atoms with van der Waals surface area (Å²) < 4.78 is 0. The molecule has 15 heavy (non-hydrogen) atoms. The average molecular weight is 206 g/mol. The Labute approximate surface area is 90.9 Å². The van der Waals surface area contributed by atoms with Gasteiger partial charge < -0.3 is 5.11 Å². The van der Waals surface area contributed by atoms with E-state index in [0.717, 1.165) is 29.5 Å². The van der Waals surface area contributed by atoms with E-state index in [0.29, 0.717) is 5.56 Å². The lowest BCUT2D eigenvalue weighted by atomic mass is 9.92. The largest absolute Gasteiger partial charge is 0.478 e. The number of rotatable bonds is 3. The molecule has 0 aliphatic carbocycles. The lowest BCUT2D eigenvalue weighted by molar-refractivity contribution is 0.0696. The van der Waals surface area contributed by atoms with Crippen LogP contribution in [0.3, 0.4) is 0 Å². The molecule has 0 radical (unpaired) electrons. The summed E-state index contributed by atoms with van der Waals surface area (Å²) in [6.07, 6.45) is 2.00. The normalized spacial score (nSPS) is 10.4. The Bertz CT molecular complexity index is 392. The van der Waals surface area contributed by atoms with Crippen LogP contribution in [0.25, 0.3) is 0 Å².